The molecule has 0 heterocycles. The van der Waals surface area contributed by atoms with E-state index in [9.17, 15) is 4.39 Å². The Balaban J connectivity index is 3.26. The Morgan fingerprint density at radius 1 is 1.33 bits per heavy atom. The van der Waals surface area contributed by atoms with E-state index >= 15 is 0 Å². The summed E-state index contributed by atoms with van der Waals surface area (Å²) in [4.78, 5) is 0. The van der Waals surface area contributed by atoms with Gasteiger partial charge in [0.05, 0.1) is 11.5 Å². The van der Waals surface area contributed by atoms with Crippen LogP contribution in [0.4, 0.5) is 4.39 Å². The molecule has 1 aromatic rings. The van der Waals surface area contributed by atoms with E-state index in [0.29, 0.717) is 5.56 Å². The summed E-state index contributed by atoms with van der Waals surface area (Å²) in [7, 11) is 0. The smallest absolute Gasteiger partial charge is 0.126 e. The fraction of sp³-hybridized carbons (Fsp3) is 0.462. The molecule has 1 rings (SSSR count). The highest BCUT2D eigenvalue weighted by molar-refractivity contribution is 5.35. The highest BCUT2D eigenvalue weighted by Crippen LogP contribution is 2.27. The molecule has 0 unspecified atom stereocenters. The second kappa shape index (κ2) is 4.02. The van der Waals surface area contributed by atoms with Gasteiger partial charge in [-0.05, 0) is 37.0 Å². The van der Waals surface area contributed by atoms with Crippen LogP contribution in [-0.4, -0.2) is 0 Å². The Morgan fingerprint density at radius 3 is 2.40 bits per heavy atom. The van der Waals surface area contributed by atoms with Gasteiger partial charge >= 0.3 is 0 Å². The van der Waals surface area contributed by atoms with Crippen LogP contribution < -0.4 is 0 Å². The van der Waals surface area contributed by atoms with Crippen LogP contribution in [0.3, 0.4) is 0 Å². The topological polar surface area (TPSA) is 23.8 Å². The highest BCUT2D eigenvalue weighted by atomic mass is 19.1. The summed E-state index contributed by atoms with van der Waals surface area (Å²) in [6, 6.07) is 7.15. The largest absolute Gasteiger partial charge is 0.207 e. The number of hydrogen-bond donors (Lipinski definition) is 0. The molecule has 0 atom stereocenters. The number of hydrogen-bond acceptors (Lipinski definition) is 1. The molecule has 0 radical (unpaired) electrons. The summed E-state index contributed by atoms with van der Waals surface area (Å²) in [5.41, 5.74) is 0.989. The SMILES string of the molecule is CC(C)c1cc(C(C)(C)C#N)ccc1F. The van der Waals surface area contributed by atoms with Crippen molar-refractivity contribution in [3.63, 3.8) is 0 Å². The monoisotopic (exact) mass is 205 g/mol. The molecular formula is C13H16FN. The third-order valence-corrected chi connectivity index (χ3v) is 2.62. The molecule has 0 aromatic heterocycles. The van der Waals surface area contributed by atoms with Gasteiger partial charge in [0.2, 0.25) is 0 Å². The van der Waals surface area contributed by atoms with Gasteiger partial charge in [-0.3, -0.25) is 0 Å². The first-order valence-corrected chi connectivity index (χ1v) is 5.09. The minimum Gasteiger partial charge on any atom is -0.207 e. The number of nitriles is 1. The Morgan fingerprint density at radius 2 is 1.93 bits per heavy atom. The summed E-state index contributed by atoms with van der Waals surface area (Å²) in [6.45, 7) is 7.57. The quantitative estimate of drug-likeness (QED) is 0.721. The van der Waals surface area contributed by atoms with Crippen molar-refractivity contribution >= 4 is 0 Å². The van der Waals surface area contributed by atoms with Gasteiger partial charge in [-0.2, -0.15) is 5.26 Å². The molecule has 15 heavy (non-hydrogen) atoms. The number of rotatable bonds is 2. The predicted octanol–water partition coefficient (Wildman–Crippen LogP) is 3.75. The molecule has 0 aliphatic heterocycles. The van der Waals surface area contributed by atoms with Crippen molar-refractivity contribution in [3.8, 4) is 6.07 Å². The molecular weight excluding hydrogens is 189 g/mol. The van der Waals surface area contributed by atoms with E-state index in [2.05, 4.69) is 6.07 Å². The molecule has 0 spiro atoms. The summed E-state index contributed by atoms with van der Waals surface area (Å²) in [5.74, 6) is -0.0538. The zero-order chi connectivity index (χ0) is 11.6. The van der Waals surface area contributed by atoms with Gasteiger partial charge in [-0.1, -0.05) is 26.0 Å². The van der Waals surface area contributed by atoms with Gasteiger partial charge in [0.1, 0.15) is 5.82 Å². The van der Waals surface area contributed by atoms with Crippen LogP contribution in [0.25, 0.3) is 0 Å². The van der Waals surface area contributed by atoms with E-state index in [-0.39, 0.29) is 11.7 Å². The highest BCUT2D eigenvalue weighted by Gasteiger charge is 2.21. The first kappa shape index (κ1) is 11.7. The van der Waals surface area contributed by atoms with Crippen LogP contribution in [0, 0.1) is 17.1 Å². The summed E-state index contributed by atoms with van der Waals surface area (Å²) in [5, 5.41) is 9.00. The Bertz CT molecular complexity index is 399. The van der Waals surface area contributed by atoms with Crippen molar-refractivity contribution in [2.45, 2.75) is 39.0 Å². The van der Waals surface area contributed by atoms with Crippen LogP contribution in [0.5, 0.6) is 0 Å². The summed E-state index contributed by atoms with van der Waals surface area (Å²) < 4.78 is 13.4. The summed E-state index contributed by atoms with van der Waals surface area (Å²) in [6.07, 6.45) is 0. The Labute approximate surface area is 90.5 Å². The molecule has 80 valence electrons. The summed E-state index contributed by atoms with van der Waals surface area (Å²) >= 11 is 0. The van der Waals surface area contributed by atoms with E-state index < -0.39 is 5.41 Å². The van der Waals surface area contributed by atoms with Gasteiger partial charge < -0.3 is 0 Å². The molecule has 0 fully saturated rings. The van der Waals surface area contributed by atoms with Crippen molar-refractivity contribution in [1.29, 1.82) is 5.26 Å². The minimum absolute atomic E-state index is 0.138. The molecule has 0 bridgehead atoms. The molecule has 0 saturated heterocycles. The van der Waals surface area contributed by atoms with E-state index in [1.165, 1.54) is 6.07 Å². The fourth-order valence-electron chi connectivity index (χ4n) is 1.44. The van der Waals surface area contributed by atoms with Gasteiger partial charge in [0.15, 0.2) is 0 Å². The van der Waals surface area contributed by atoms with Gasteiger partial charge in [-0.15, -0.1) is 0 Å². The zero-order valence-corrected chi connectivity index (χ0v) is 9.63. The second-order valence-electron chi connectivity index (χ2n) is 4.63. The number of nitrogens with zero attached hydrogens (tertiary/aromatic N) is 1. The van der Waals surface area contributed by atoms with Crippen LogP contribution in [0.15, 0.2) is 18.2 Å². The molecule has 0 aliphatic carbocycles. The molecule has 1 aromatic carbocycles. The van der Waals surface area contributed by atoms with E-state index in [0.717, 1.165) is 5.56 Å². The van der Waals surface area contributed by atoms with Crippen LogP contribution in [0.1, 0.15) is 44.7 Å². The third-order valence-electron chi connectivity index (χ3n) is 2.62. The lowest BCUT2D eigenvalue weighted by Crippen LogP contribution is -2.14. The van der Waals surface area contributed by atoms with Crippen LogP contribution in [-0.2, 0) is 5.41 Å². The van der Waals surface area contributed by atoms with Gasteiger partial charge in [0, 0.05) is 0 Å². The van der Waals surface area contributed by atoms with E-state index in [1.54, 1.807) is 12.1 Å². The van der Waals surface area contributed by atoms with Crippen molar-refractivity contribution in [2.24, 2.45) is 0 Å². The standard InChI is InChI=1S/C13H16FN/c1-9(2)11-7-10(5-6-12(11)14)13(3,4)8-15/h5-7,9H,1-4H3. The normalized spacial score (nSPS) is 11.5. The van der Waals surface area contributed by atoms with Gasteiger partial charge in [0.25, 0.3) is 0 Å². The maximum Gasteiger partial charge on any atom is 0.126 e. The van der Waals surface area contributed by atoms with E-state index in [4.69, 9.17) is 5.26 Å². The maximum atomic E-state index is 13.4. The third kappa shape index (κ3) is 2.36. The average Bonchev–Trinajstić information content (AvgIpc) is 2.17. The Kier molecular flexibility index (Phi) is 3.14. The second-order valence-corrected chi connectivity index (χ2v) is 4.63. The van der Waals surface area contributed by atoms with Crippen molar-refractivity contribution in [1.82, 2.24) is 0 Å². The van der Waals surface area contributed by atoms with Crippen molar-refractivity contribution < 1.29 is 4.39 Å². The Hall–Kier alpha value is -1.36. The molecule has 2 heteroatoms. The maximum absolute atomic E-state index is 13.4. The average molecular weight is 205 g/mol. The van der Waals surface area contributed by atoms with Crippen LogP contribution in [0.2, 0.25) is 0 Å². The first-order chi connectivity index (χ1) is 6.88. The van der Waals surface area contributed by atoms with E-state index in [1.807, 2.05) is 27.7 Å². The fourth-order valence-corrected chi connectivity index (χ4v) is 1.44. The molecule has 0 amide bonds. The molecule has 0 saturated carbocycles. The molecule has 1 nitrogen and oxygen atoms in total. The van der Waals surface area contributed by atoms with Crippen molar-refractivity contribution in [2.75, 3.05) is 0 Å². The molecule has 0 aliphatic rings. The molecule has 0 N–H and O–H groups in total. The lowest BCUT2D eigenvalue weighted by molar-refractivity contribution is 0.592. The lowest BCUT2D eigenvalue weighted by atomic mass is 9.84. The predicted molar refractivity (Wildman–Crippen MR) is 59.1 cm³/mol. The zero-order valence-electron chi connectivity index (χ0n) is 9.63. The number of benzene rings is 1. The van der Waals surface area contributed by atoms with Crippen molar-refractivity contribution in [3.05, 3.63) is 35.1 Å². The minimum atomic E-state index is -0.558. The lowest BCUT2D eigenvalue weighted by Gasteiger charge is -2.18. The van der Waals surface area contributed by atoms with Crippen LogP contribution >= 0.6 is 0 Å². The number of halogens is 1. The van der Waals surface area contributed by atoms with Gasteiger partial charge in [-0.25, -0.2) is 4.39 Å². The first-order valence-electron chi connectivity index (χ1n) is 5.09.